The average Bonchev–Trinajstić information content (AvgIpc) is 2.80. The van der Waals surface area contributed by atoms with Crippen molar-refractivity contribution in [1.82, 2.24) is 0 Å². The van der Waals surface area contributed by atoms with E-state index in [2.05, 4.69) is 5.32 Å². The number of nitrogens with zero attached hydrogens (tertiary/aromatic N) is 1. The van der Waals surface area contributed by atoms with Crippen LogP contribution in [0, 0.1) is 0 Å². The van der Waals surface area contributed by atoms with Gasteiger partial charge in [0.05, 0.1) is 21.8 Å². The lowest BCUT2D eigenvalue weighted by molar-refractivity contribution is -0.136. The number of sulfonamides is 1. The maximum absolute atomic E-state index is 13.3. The van der Waals surface area contributed by atoms with Gasteiger partial charge in [-0.05, 0) is 79.9 Å². The molecule has 3 aromatic carbocycles. The maximum atomic E-state index is 13.3. The fourth-order valence-corrected chi connectivity index (χ4v) is 5.25. The molecular weight excluding hydrogens is 509 g/mol. The Morgan fingerprint density at radius 2 is 1.65 bits per heavy atom. The van der Waals surface area contributed by atoms with Crippen LogP contribution in [-0.2, 0) is 16.2 Å². The number of nitrogens with one attached hydrogen (secondary N) is 1. The van der Waals surface area contributed by atoms with E-state index in [4.69, 9.17) is 11.6 Å². The van der Waals surface area contributed by atoms with Crippen LogP contribution in [0.3, 0.4) is 0 Å². The minimum Gasteiger partial charge on any atom is -0.321 e. The van der Waals surface area contributed by atoms with E-state index in [1.54, 1.807) is 19.1 Å². The van der Waals surface area contributed by atoms with Crippen LogP contribution in [0.5, 0.6) is 0 Å². The number of hydrogen-bond donors (Lipinski definition) is 1. The molecule has 0 radical (unpaired) electrons. The Morgan fingerprint density at radius 3 is 2.18 bits per heavy atom. The predicted molar refractivity (Wildman–Crippen MR) is 129 cm³/mol. The van der Waals surface area contributed by atoms with Crippen LogP contribution in [0.15, 0.2) is 76.5 Å². The Bertz CT molecular complexity index is 1280. The standard InChI is InChI=1S/C23H20ClF3N2O3S2/c1-3-29(34(31,32)19-11-9-18(33-2)10-12-19)17-7-4-15(5-8-17)22(30)28-21-13-6-16(24)14-20(21)23(25,26)27/h4-14H,3H2,1-2H3,(H,28,30). The molecule has 0 spiro atoms. The van der Waals surface area contributed by atoms with Gasteiger partial charge in [0, 0.05) is 22.0 Å². The quantitative estimate of drug-likeness (QED) is 0.353. The summed E-state index contributed by atoms with van der Waals surface area (Å²) in [5.74, 6) is -0.780. The molecule has 0 aliphatic carbocycles. The maximum Gasteiger partial charge on any atom is 0.418 e. The smallest absolute Gasteiger partial charge is 0.321 e. The first kappa shape index (κ1) is 25.9. The Morgan fingerprint density at radius 1 is 1.03 bits per heavy atom. The number of benzene rings is 3. The molecule has 5 nitrogen and oxygen atoms in total. The van der Waals surface area contributed by atoms with Gasteiger partial charge in [-0.25, -0.2) is 8.42 Å². The van der Waals surface area contributed by atoms with Crippen molar-refractivity contribution in [3.05, 3.63) is 82.9 Å². The molecule has 0 aromatic heterocycles. The molecule has 0 aliphatic heterocycles. The third kappa shape index (κ3) is 5.68. The molecule has 34 heavy (non-hydrogen) atoms. The lowest BCUT2D eigenvalue weighted by atomic mass is 10.1. The van der Waals surface area contributed by atoms with Crippen molar-refractivity contribution < 1.29 is 26.4 Å². The normalized spacial score (nSPS) is 11.8. The van der Waals surface area contributed by atoms with Gasteiger partial charge in [0.2, 0.25) is 0 Å². The van der Waals surface area contributed by atoms with Crippen molar-refractivity contribution in [2.75, 3.05) is 22.4 Å². The Kier molecular flexibility index (Phi) is 7.84. The third-order valence-corrected chi connectivity index (χ3v) is 7.78. The predicted octanol–water partition coefficient (Wildman–Crippen LogP) is 6.55. The molecule has 0 heterocycles. The highest BCUT2D eigenvalue weighted by Crippen LogP contribution is 2.36. The van der Waals surface area contributed by atoms with E-state index in [1.807, 2.05) is 6.26 Å². The highest BCUT2D eigenvalue weighted by Gasteiger charge is 2.34. The van der Waals surface area contributed by atoms with E-state index < -0.39 is 33.4 Å². The van der Waals surface area contributed by atoms with Gasteiger partial charge in [-0.2, -0.15) is 13.2 Å². The first-order valence-corrected chi connectivity index (χ1v) is 13.0. The molecule has 0 unspecified atom stereocenters. The van der Waals surface area contributed by atoms with Crippen LogP contribution >= 0.6 is 23.4 Å². The summed E-state index contributed by atoms with van der Waals surface area (Å²) in [5, 5.41) is 2.13. The van der Waals surface area contributed by atoms with E-state index in [9.17, 15) is 26.4 Å². The monoisotopic (exact) mass is 528 g/mol. The number of hydrogen-bond acceptors (Lipinski definition) is 4. The van der Waals surface area contributed by atoms with E-state index in [0.717, 1.165) is 17.0 Å². The minimum atomic E-state index is -4.71. The Hall–Kier alpha value is -2.69. The lowest BCUT2D eigenvalue weighted by Crippen LogP contribution is -2.30. The van der Waals surface area contributed by atoms with Gasteiger partial charge in [-0.15, -0.1) is 11.8 Å². The van der Waals surface area contributed by atoms with E-state index in [0.29, 0.717) is 5.69 Å². The van der Waals surface area contributed by atoms with Crippen LogP contribution in [0.4, 0.5) is 24.5 Å². The van der Waals surface area contributed by atoms with Crippen LogP contribution in [0.2, 0.25) is 5.02 Å². The summed E-state index contributed by atoms with van der Waals surface area (Å²) >= 11 is 7.16. The van der Waals surface area contributed by atoms with Gasteiger partial charge in [-0.1, -0.05) is 11.6 Å². The van der Waals surface area contributed by atoms with Gasteiger partial charge >= 0.3 is 6.18 Å². The largest absolute Gasteiger partial charge is 0.418 e. The van der Waals surface area contributed by atoms with Crippen molar-refractivity contribution in [3.63, 3.8) is 0 Å². The minimum absolute atomic E-state index is 0.0598. The lowest BCUT2D eigenvalue weighted by Gasteiger charge is -2.23. The summed E-state index contributed by atoms with van der Waals surface area (Å²) in [6, 6.07) is 15.1. The van der Waals surface area contributed by atoms with Crippen LogP contribution in [0.25, 0.3) is 0 Å². The molecule has 0 fully saturated rings. The number of carbonyl (C=O) groups excluding carboxylic acids is 1. The van der Waals surface area contributed by atoms with Gasteiger partial charge in [-0.3, -0.25) is 9.10 Å². The number of amides is 1. The highest BCUT2D eigenvalue weighted by molar-refractivity contribution is 7.98. The second kappa shape index (κ2) is 10.3. The molecule has 3 rings (SSSR count). The molecule has 11 heteroatoms. The molecule has 0 saturated heterocycles. The van der Waals surface area contributed by atoms with Crippen LogP contribution in [0.1, 0.15) is 22.8 Å². The zero-order valence-corrected chi connectivity index (χ0v) is 20.4. The van der Waals surface area contributed by atoms with Crippen molar-refractivity contribution >= 4 is 50.7 Å². The SMILES string of the molecule is CCN(c1ccc(C(=O)Nc2ccc(Cl)cc2C(F)(F)F)cc1)S(=O)(=O)c1ccc(SC)cc1. The van der Waals surface area contributed by atoms with E-state index in [1.165, 1.54) is 58.5 Å². The summed E-state index contributed by atoms with van der Waals surface area (Å²) in [4.78, 5) is 13.6. The number of alkyl halides is 3. The second-order valence-corrected chi connectivity index (χ2v) is 10.2. The van der Waals surface area contributed by atoms with Gasteiger partial charge in [0.15, 0.2) is 0 Å². The molecule has 1 amide bonds. The first-order chi connectivity index (χ1) is 16.0. The fourth-order valence-electron chi connectivity index (χ4n) is 3.20. The summed E-state index contributed by atoms with van der Waals surface area (Å²) in [7, 11) is -3.85. The van der Waals surface area contributed by atoms with E-state index in [-0.39, 0.29) is 22.0 Å². The number of rotatable bonds is 7. The fraction of sp³-hybridized carbons (Fsp3) is 0.174. The Balaban J connectivity index is 1.84. The zero-order valence-electron chi connectivity index (χ0n) is 18.1. The molecule has 0 bridgehead atoms. The molecule has 0 atom stereocenters. The van der Waals surface area contributed by atoms with Crippen LogP contribution in [-0.4, -0.2) is 27.1 Å². The van der Waals surface area contributed by atoms with Gasteiger partial charge in [0.25, 0.3) is 15.9 Å². The van der Waals surface area contributed by atoms with Gasteiger partial charge < -0.3 is 5.32 Å². The summed E-state index contributed by atoms with van der Waals surface area (Å²) < 4.78 is 67.2. The van der Waals surface area contributed by atoms with Crippen molar-refractivity contribution in [2.24, 2.45) is 0 Å². The van der Waals surface area contributed by atoms with Crippen molar-refractivity contribution in [1.29, 1.82) is 0 Å². The molecule has 0 saturated carbocycles. The van der Waals surface area contributed by atoms with Crippen LogP contribution < -0.4 is 9.62 Å². The topological polar surface area (TPSA) is 66.5 Å². The number of halogens is 4. The summed E-state index contributed by atoms with van der Waals surface area (Å²) in [5.41, 5.74) is -1.13. The number of carbonyl (C=O) groups is 1. The van der Waals surface area contributed by atoms with Crippen molar-refractivity contribution in [3.8, 4) is 0 Å². The first-order valence-electron chi connectivity index (χ1n) is 9.92. The summed E-state index contributed by atoms with van der Waals surface area (Å²) in [6.07, 6.45) is -2.82. The molecule has 180 valence electrons. The van der Waals surface area contributed by atoms with Gasteiger partial charge in [0.1, 0.15) is 0 Å². The molecule has 3 aromatic rings. The molecule has 1 N–H and O–H groups in total. The average molecular weight is 529 g/mol. The third-order valence-electron chi connectivity index (χ3n) is 4.89. The number of thioether (sulfide) groups is 1. The van der Waals surface area contributed by atoms with E-state index >= 15 is 0 Å². The summed E-state index contributed by atoms with van der Waals surface area (Å²) in [6.45, 7) is 1.81. The zero-order chi connectivity index (χ0) is 25.1. The molecular formula is C23H20ClF3N2O3S2. The number of anilines is 2. The Labute approximate surface area is 205 Å². The second-order valence-electron chi connectivity index (χ2n) is 7.03. The van der Waals surface area contributed by atoms with Crippen molar-refractivity contribution in [2.45, 2.75) is 22.9 Å². The molecule has 0 aliphatic rings. The highest BCUT2D eigenvalue weighted by atomic mass is 35.5.